The number of aromatic nitrogens is 1. The van der Waals surface area contributed by atoms with Crippen LogP contribution in [0.3, 0.4) is 0 Å². The van der Waals surface area contributed by atoms with Crippen molar-refractivity contribution in [2.24, 2.45) is 16.3 Å². The van der Waals surface area contributed by atoms with Crippen LogP contribution < -0.4 is 16.4 Å². The van der Waals surface area contributed by atoms with E-state index in [1.165, 1.54) is 42.2 Å². The Labute approximate surface area is 226 Å². The minimum Gasteiger partial charge on any atom is -0.427 e. The number of fused-ring (bicyclic) bond motifs is 1. The highest BCUT2D eigenvalue weighted by molar-refractivity contribution is 8.00. The zero-order valence-corrected chi connectivity index (χ0v) is 22.9. The molecule has 2 aliphatic heterocycles. The molecule has 0 aliphatic carbocycles. The van der Waals surface area contributed by atoms with Crippen LogP contribution in [0.4, 0.5) is 5.13 Å². The maximum absolute atomic E-state index is 13.0. The van der Waals surface area contributed by atoms with Crippen molar-refractivity contribution >= 4 is 63.6 Å². The summed E-state index contributed by atoms with van der Waals surface area (Å²) in [4.78, 5) is 72.2. The SMILES string of the molecule is CO/N=C(/C(=O)NC1C(=O)N2C(C(=O)OCOC(=O)C(C)(C)C)=CCSC12)c1csc(NC(=O)C(C)N)n1. The molecule has 0 radical (unpaired) electrons. The number of esters is 2. The van der Waals surface area contributed by atoms with Crippen molar-refractivity contribution in [3.05, 3.63) is 22.8 Å². The lowest BCUT2D eigenvalue weighted by atomic mass is 9.98. The molecular formula is C22H28N6O8S2. The maximum atomic E-state index is 13.0. The molecule has 14 nitrogen and oxygen atoms in total. The number of thioether (sulfide) groups is 1. The third-order valence-corrected chi connectivity index (χ3v) is 7.06. The molecule has 206 valence electrons. The van der Waals surface area contributed by atoms with E-state index < -0.39 is 59.3 Å². The highest BCUT2D eigenvalue weighted by Gasteiger charge is 2.53. The normalized spacial score (nSPS) is 19.8. The van der Waals surface area contributed by atoms with Gasteiger partial charge < -0.3 is 30.7 Å². The minimum absolute atomic E-state index is 0.00384. The van der Waals surface area contributed by atoms with E-state index in [2.05, 4.69) is 20.8 Å². The van der Waals surface area contributed by atoms with Gasteiger partial charge in [-0.3, -0.25) is 24.1 Å². The number of β-lactam (4-membered cyclic amide) rings is 1. The number of ether oxygens (including phenoxy) is 2. The standard InChI is InChI=1S/C22H28N6O8S2/c1-10(23)15(29)26-21-24-11(8-38-21)13(27-34-5)16(30)25-14-17(31)28-12(6-7-37-18(14)28)19(32)35-9-36-20(33)22(2,3)4/h6,8,10,14,18H,7,9,23H2,1-5H3,(H,25,30)(H,24,26,29)/b27-13+. The Morgan fingerprint density at radius 1 is 1.29 bits per heavy atom. The predicted octanol–water partition coefficient (Wildman–Crippen LogP) is 0.153. The lowest BCUT2D eigenvalue weighted by molar-refractivity contribution is -0.173. The van der Waals surface area contributed by atoms with E-state index in [0.717, 1.165) is 11.3 Å². The van der Waals surface area contributed by atoms with Crippen LogP contribution >= 0.6 is 23.1 Å². The Kier molecular flexibility index (Phi) is 9.11. The highest BCUT2D eigenvalue weighted by atomic mass is 32.2. The molecule has 16 heteroatoms. The summed E-state index contributed by atoms with van der Waals surface area (Å²) in [5.74, 6) is -2.73. The third-order valence-electron chi connectivity index (χ3n) is 5.12. The van der Waals surface area contributed by atoms with Gasteiger partial charge in [-0.25, -0.2) is 9.78 Å². The van der Waals surface area contributed by atoms with Gasteiger partial charge in [0.1, 0.15) is 29.9 Å². The molecule has 0 spiro atoms. The molecule has 1 aromatic rings. The molecule has 0 saturated carbocycles. The van der Waals surface area contributed by atoms with Gasteiger partial charge in [0, 0.05) is 11.1 Å². The zero-order chi connectivity index (χ0) is 28.2. The average molecular weight is 569 g/mol. The summed E-state index contributed by atoms with van der Waals surface area (Å²) in [5, 5.41) is 9.96. The second-order valence-electron chi connectivity index (χ2n) is 9.14. The predicted molar refractivity (Wildman–Crippen MR) is 138 cm³/mol. The summed E-state index contributed by atoms with van der Waals surface area (Å²) in [6.07, 6.45) is 1.52. The van der Waals surface area contributed by atoms with Crippen molar-refractivity contribution in [1.29, 1.82) is 0 Å². The second kappa shape index (κ2) is 11.9. The van der Waals surface area contributed by atoms with E-state index in [1.807, 2.05) is 0 Å². The molecule has 3 heterocycles. The Bertz CT molecular complexity index is 1190. The summed E-state index contributed by atoms with van der Waals surface area (Å²) in [7, 11) is 1.24. The number of anilines is 1. The Morgan fingerprint density at radius 2 is 2.00 bits per heavy atom. The first kappa shape index (κ1) is 29.1. The van der Waals surface area contributed by atoms with Crippen LogP contribution in [0.1, 0.15) is 33.4 Å². The van der Waals surface area contributed by atoms with Crippen LogP contribution in [0.15, 0.2) is 22.3 Å². The number of amides is 3. The van der Waals surface area contributed by atoms with Gasteiger partial charge in [-0.05, 0) is 33.8 Å². The number of thiazole rings is 1. The molecular weight excluding hydrogens is 540 g/mol. The number of nitrogens with one attached hydrogen (secondary N) is 2. The number of nitrogens with zero attached hydrogens (tertiary/aromatic N) is 3. The second-order valence-corrected chi connectivity index (χ2v) is 11.2. The number of nitrogens with two attached hydrogens (primary N) is 1. The molecule has 2 aliphatic rings. The van der Waals surface area contributed by atoms with E-state index >= 15 is 0 Å². The maximum Gasteiger partial charge on any atom is 0.357 e. The van der Waals surface area contributed by atoms with Gasteiger partial charge in [-0.15, -0.1) is 23.1 Å². The summed E-state index contributed by atoms with van der Waals surface area (Å²) in [6, 6.07) is -1.71. The van der Waals surface area contributed by atoms with Crippen molar-refractivity contribution in [2.45, 2.75) is 45.2 Å². The molecule has 38 heavy (non-hydrogen) atoms. The van der Waals surface area contributed by atoms with Crippen LogP contribution in [-0.2, 0) is 38.3 Å². The zero-order valence-electron chi connectivity index (χ0n) is 21.3. The molecule has 3 amide bonds. The third kappa shape index (κ3) is 6.49. The van der Waals surface area contributed by atoms with Gasteiger partial charge in [-0.2, -0.15) is 0 Å². The summed E-state index contributed by atoms with van der Waals surface area (Å²) in [6.45, 7) is 5.90. The topological polar surface area (TPSA) is 192 Å². The van der Waals surface area contributed by atoms with Gasteiger partial charge in [0.25, 0.3) is 11.8 Å². The van der Waals surface area contributed by atoms with Crippen LogP contribution in [0.25, 0.3) is 0 Å². The number of carbonyl (C=O) groups excluding carboxylic acids is 5. The van der Waals surface area contributed by atoms with Crippen LogP contribution in [0, 0.1) is 5.41 Å². The quantitative estimate of drug-likeness (QED) is 0.121. The fourth-order valence-electron chi connectivity index (χ4n) is 3.12. The van der Waals surface area contributed by atoms with E-state index in [0.29, 0.717) is 5.75 Å². The van der Waals surface area contributed by atoms with Crippen molar-refractivity contribution < 1.29 is 38.3 Å². The van der Waals surface area contributed by atoms with Crippen molar-refractivity contribution in [1.82, 2.24) is 15.2 Å². The average Bonchev–Trinajstić information content (AvgIpc) is 3.31. The first-order valence-electron chi connectivity index (χ1n) is 11.3. The van der Waals surface area contributed by atoms with Gasteiger partial charge in [0.15, 0.2) is 10.8 Å². The molecule has 3 unspecified atom stereocenters. The molecule has 3 rings (SSSR count). The number of rotatable bonds is 9. The minimum atomic E-state index is -0.958. The number of oxime groups is 1. The van der Waals surface area contributed by atoms with Crippen molar-refractivity contribution in [2.75, 3.05) is 25.0 Å². The van der Waals surface area contributed by atoms with Crippen molar-refractivity contribution in [3.63, 3.8) is 0 Å². The van der Waals surface area contributed by atoms with E-state index in [4.69, 9.17) is 20.0 Å². The molecule has 1 saturated heterocycles. The lowest BCUT2D eigenvalue weighted by Crippen LogP contribution is -2.70. The number of hydrogen-bond acceptors (Lipinski definition) is 13. The molecule has 0 bridgehead atoms. The molecule has 0 aromatic carbocycles. The van der Waals surface area contributed by atoms with Crippen LogP contribution in [-0.4, -0.2) is 82.4 Å². The largest absolute Gasteiger partial charge is 0.427 e. The number of carbonyl (C=O) groups is 5. The molecule has 4 N–H and O–H groups in total. The van der Waals surface area contributed by atoms with Crippen LogP contribution in [0.5, 0.6) is 0 Å². The first-order valence-corrected chi connectivity index (χ1v) is 13.2. The highest BCUT2D eigenvalue weighted by Crippen LogP contribution is 2.38. The van der Waals surface area contributed by atoms with Gasteiger partial charge in [0.2, 0.25) is 12.7 Å². The monoisotopic (exact) mass is 568 g/mol. The van der Waals surface area contributed by atoms with E-state index in [-0.39, 0.29) is 22.2 Å². The summed E-state index contributed by atoms with van der Waals surface area (Å²) < 4.78 is 9.96. The Hall–Kier alpha value is -3.50. The van der Waals surface area contributed by atoms with Gasteiger partial charge in [0.05, 0.1) is 11.5 Å². The van der Waals surface area contributed by atoms with Crippen molar-refractivity contribution in [3.8, 4) is 0 Å². The summed E-state index contributed by atoms with van der Waals surface area (Å²) >= 11 is 2.38. The first-order chi connectivity index (χ1) is 17.8. The Balaban J connectivity index is 1.62. The molecule has 1 aromatic heterocycles. The molecule has 3 atom stereocenters. The lowest BCUT2D eigenvalue weighted by Gasteiger charge is -2.48. The van der Waals surface area contributed by atoms with Gasteiger partial charge >= 0.3 is 11.9 Å². The fourth-order valence-corrected chi connectivity index (χ4v) is 5.01. The summed E-state index contributed by atoms with van der Waals surface area (Å²) in [5.41, 5.74) is 4.67. The Morgan fingerprint density at radius 3 is 2.63 bits per heavy atom. The number of hydrogen-bond donors (Lipinski definition) is 3. The van der Waals surface area contributed by atoms with E-state index in [9.17, 15) is 24.0 Å². The van der Waals surface area contributed by atoms with Crippen LogP contribution in [0.2, 0.25) is 0 Å². The molecule has 1 fully saturated rings. The smallest absolute Gasteiger partial charge is 0.357 e. The fraction of sp³-hybridized carbons (Fsp3) is 0.500. The van der Waals surface area contributed by atoms with Gasteiger partial charge in [-0.1, -0.05) is 5.16 Å². The van der Waals surface area contributed by atoms with E-state index in [1.54, 1.807) is 20.8 Å².